The minimum absolute atomic E-state index is 0.128. The topological polar surface area (TPSA) is 164 Å². The number of anilines is 1. The third kappa shape index (κ3) is 5.70. The van der Waals surface area contributed by atoms with E-state index in [0.29, 0.717) is 0 Å². The Hall–Kier alpha value is -3.38. The molecule has 2 heterocycles. The number of nitrogens with two attached hydrogens (primary N) is 1. The first-order valence-corrected chi connectivity index (χ1v) is 13.5. The van der Waals surface area contributed by atoms with Crippen molar-refractivity contribution < 1.29 is 32.6 Å². The highest BCUT2D eigenvalue weighted by Gasteiger charge is 2.48. The van der Waals surface area contributed by atoms with Gasteiger partial charge in [0.2, 0.25) is 0 Å². The van der Waals surface area contributed by atoms with E-state index in [0.717, 1.165) is 0 Å². The average molecular weight is 549 g/mol. The van der Waals surface area contributed by atoms with Crippen molar-refractivity contribution in [3.63, 3.8) is 0 Å². The van der Waals surface area contributed by atoms with Gasteiger partial charge >= 0.3 is 13.7 Å². The predicted molar refractivity (Wildman–Crippen MR) is 137 cm³/mol. The van der Waals surface area contributed by atoms with Crippen LogP contribution in [0.15, 0.2) is 55.1 Å². The number of nitrogens with one attached hydrogen (secondary N) is 1. The molecule has 1 aliphatic rings. The number of rotatable bonds is 10. The predicted octanol–water partition coefficient (Wildman–Crippen LogP) is 2.97. The minimum atomic E-state index is -4.23. The summed E-state index contributed by atoms with van der Waals surface area (Å²) in [7, 11) is -4.23. The molecule has 6 atom stereocenters. The van der Waals surface area contributed by atoms with Gasteiger partial charge in [0.1, 0.15) is 23.6 Å². The summed E-state index contributed by atoms with van der Waals surface area (Å²) in [4.78, 5) is 24.5. The number of nitrogen functional groups attached to an aromatic ring is 1. The van der Waals surface area contributed by atoms with Crippen LogP contribution >= 0.6 is 7.75 Å². The zero-order chi connectivity index (χ0) is 27.6. The van der Waals surface area contributed by atoms with Crippen molar-refractivity contribution in [3.8, 4) is 5.75 Å². The number of carbonyl (C=O) groups excluding carboxylic acids is 1. The molecule has 1 aromatic carbocycles. The summed E-state index contributed by atoms with van der Waals surface area (Å²) in [5, 5.41) is 13.3. The molecule has 204 valence electrons. The normalized spacial score (nSPS) is 23.9. The van der Waals surface area contributed by atoms with E-state index in [9.17, 15) is 14.5 Å². The SMILES string of the molecule is C=C1[C@@H](n2cnc3c(N)ncnc32)[C@@H](F)[C@H](O)[C@H]1CO[P@](=O)(N[C@H](C)C(=O)OC(C)C)Oc1ccccc1. The first-order chi connectivity index (χ1) is 18.0. The maximum Gasteiger partial charge on any atom is 0.459 e. The number of halogens is 1. The summed E-state index contributed by atoms with van der Waals surface area (Å²) in [5.74, 6) is -1.30. The number of aliphatic hydroxyl groups excluding tert-OH is 1. The number of carbonyl (C=O) groups is 1. The number of aliphatic hydroxyl groups is 1. The smallest absolute Gasteiger partial charge is 0.459 e. The lowest BCUT2D eigenvalue weighted by Crippen LogP contribution is -2.37. The molecule has 4 N–H and O–H groups in total. The average Bonchev–Trinajstić information content (AvgIpc) is 3.37. The molecule has 0 saturated heterocycles. The van der Waals surface area contributed by atoms with Crippen molar-refractivity contribution in [2.24, 2.45) is 5.92 Å². The summed E-state index contributed by atoms with van der Waals surface area (Å²) in [6, 6.07) is 6.10. The molecule has 3 aromatic rings. The van der Waals surface area contributed by atoms with Gasteiger partial charge in [-0.1, -0.05) is 24.8 Å². The van der Waals surface area contributed by atoms with E-state index in [1.807, 2.05) is 0 Å². The van der Waals surface area contributed by atoms with Gasteiger partial charge in [0.05, 0.1) is 31.2 Å². The highest BCUT2D eigenvalue weighted by atomic mass is 31.2. The molecular weight excluding hydrogens is 518 g/mol. The minimum Gasteiger partial charge on any atom is -0.462 e. The molecule has 4 rings (SSSR count). The van der Waals surface area contributed by atoms with Crippen molar-refractivity contribution in [2.45, 2.75) is 51.2 Å². The van der Waals surface area contributed by atoms with Crippen molar-refractivity contribution in [3.05, 3.63) is 55.1 Å². The second-order valence-electron chi connectivity index (χ2n) is 9.18. The number of para-hydroxylation sites is 1. The van der Waals surface area contributed by atoms with Gasteiger partial charge < -0.3 is 24.7 Å². The van der Waals surface area contributed by atoms with Crippen LogP contribution in [-0.4, -0.2) is 61.6 Å². The number of ether oxygens (including phenoxy) is 1. The largest absolute Gasteiger partial charge is 0.462 e. The van der Waals surface area contributed by atoms with E-state index >= 15 is 4.39 Å². The van der Waals surface area contributed by atoms with Crippen LogP contribution in [0.3, 0.4) is 0 Å². The lowest BCUT2D eigenvalue weighted by atomic mass is 10.0. The van der Waals surface area contributed by atoms with Crippen LogP contribution in [0.1, 0.15) is 26.8 Å². The quantitative estimate of drug-likeness (QED) is 0.194. The standard InChI is InChI=1S/C24H30FN6O6P/c1-13(2)36-24(33)15(4)30-38(34,37-16-8-6-5-7-9-16)35-10-17-14(3)20(18(25)21(17)32)31-12-29-19-22(26)27-11-28-23(19)31/h5-9,11-13,15,17-18,20-21,32H,3,10H2,1-2,4H3,(H,30,34)(H2,26,27,28)/t15-,17+,18-,20-,21-,38-/m1/s1. The van der Waals surface area contributed by atoms with Gasteiger partial charge in [-0.05, 0) is 38.5 Å². The highest BCUT2D eigenvalue weighted by Crippen LogP contribution is 2.49. The lowest BCUT2D eigenvalue weighted by molar-refractivity contribution is -0.149. The van der Waals surface area contributed by atoms with E-state index in [4.69, 9.17) is 19.5 Å². The van der Waals surface area contributed by atoms with Crippen LogP contribution in [0.2, 0.25) is 0 Å². The third-order valence-electron chi connectivity index (χ3n) is 6.03. The number of esters is 1. The van der Waals surface area contributed by atoms with Crippen molar-refractivity contribution in [1.29, 1.82) is 0 Å². The number of imidazole rings is 1. The molecule has 0 bridgehead atoms. The first-order valence-electron chi connectivity index (χ1n) is 11.9. The van der Waals surface area contributed by atoms with E-state index in [1.54, 1.807) is 44.2 Å². The summed E-state index contributed by atoms with van der Waals surface area (Å²) in [5.41, 5.74) is 6.67. The molecule has 0 radical (unpaired) electrons. The zero-order valence-corrected chi connectivity index (χ0v) is 22.0. The Morgan fingerprint density at radius 3 is 2.66 bits per heavy atom. The van der Waals surface area contributed by atoms with Gasteiger partial charge in [0.15, 0.2) is 17.6 Å². The molecule has 12 nitrogen and oxygen atoms in total. The third-order valence-corrected chi connectivity index (χ3v) is 7.68. The van der Waals surface area contributed by atoms with E-state index in [1.165, 1.54) is 24.1 Å². The Morgan fingerprint density at radius 2 is 1.97 bits per heavy atom. The number of alkyl halides is 1. The number of aromatic nitrogens is 4. The van der Waals surface area contributed by atoms with Crippen LogP contribution in [0.5, 0.6) is 5.75 Å². The first kappa shape index (κ1) is 27.6. The maximum absolute atomic E-state index is 15.4. The van der Waals surface area contributed by atoms with Crippen molar-refractivity contribution in [2.75, 3.05) is 12.3 Å². The number of nitrogens with zero attached hydrogens (tertiary/aromatic N) is 4. The Morgan fingerprint density at radius 1 is 1.26 bits per heavy atom. The van der Waals surface area contributed by atoms with Crippen LogP contribution in [0.25, 0.3) is 11.2 Å². The van der Waals surface area contributed by atoms with Gasteiger partial charge in [-0.25, -0.2) is 23.9 Å². The second kappa shape index (κ2) is 11.2. The molecule has 0 spiro atoms. The van der Waals surface area contributed by atoms with Gasteiger partial charge in [-0.15, -0.1) is 0 Å². The number of hydrogen-bond donors (Lipinski definition) is 3. The van der Waals surface area contributed by atoms with Crippen LogP contribution < -0.4 is 15.3 Å². The van der Waals surface area contributed by atoms with Gasteiger partial charge in [-0.2, -0.15) is 5.09 Å². The Labute approximate surface area is 218 Å². The fraction of sp³-hybridized carbons (Fsp3) is 0.417. The number of hydrogen-bond acceptors (Lipinski definition) is 10. The molecular formula is C24H30FN6O6P. The van der Waals surface area contributed by atoms with Crippen LogP contribution in [-0.2, 0) is 18.6 Å². The van der Waals surface area contributed by atoms with Crippen LogP contribution in [0.4, 0.5) is 10.2 Å². The molecule has 1 fully saturated rings. The molecule has 0 aliphatic heterocycles. The van der Waals surface area contributed by atoms with Gasteiger partial charge in [0.25, 0.3) is 0 Å². The molecule has 1 aliphatic carbocycles. The maximum atomic E-state index is 15.4. The molecule has 0 unspecified atom stereocenters. The van der Waals surface area contributed by atoms with E-state index in [-0.39, 0.29) is 28.3 Å². The molecule has 14 heteroatoms. The van der Waals surface area contributed by atoms with E-state index < -0.39 is 56.7 Å². The Bertz CT molecular complexity index is 1350. The lowest BCUT2D eigenvalue weighted by Gasteiger charge is -2.25. The van der Waals surface area contributed by atoms with E-state index in [2.05, 4.69) is 26.6 Å². The Balaban J connectivity index is 1.55. The Kier molecular flexibility index (Phi) is 8.12. The zero-order valence-electron chi connectivity index (χ0n) is 21.1. The number of fused-ring (bicyclic) bond motifs is 1. The molecule has 2 aromatic heterocycles. The van der Waals surface area contributed by atoms with Crippen molar-refractivity contribution >= 4 is 30.7 Å². The highest BCUT2D eigenvalue weighted by molar-refractivity contribution is 7.52. The monoisotopic (exact) mass is 548 g/mol. The summed E-state index contributed by atoms with van der Waals surface area (Å²) in [6.45, 7) is 8.37. The number of benzene rings is 1. The second-order valence-corrected chi connectivity index (χ2v) is 10.9. The molecule has 0 amide bonds. The van der Waals surface area contributed by atoms with Gasteiger partial charge in [-0.3, -0.25) is 9.32 Å². The van der Waals surface area contributed by atoms with Crippen molar-refractivity contribution in [1.82, 2.24) is 24.6 Å². The fourth-order valence-corrected chi connectivity index (χ4v) is 5.69. The summed E-state index contributed by atoms with van der Waals surface area (Å²) < 4.78 is 47.0. The molecule has 1 saturated carbocycles. The summed E-state index contributed by atoms with van der Waals surface area (Å²) in [6.07, 6.45) is -1.16. The van der Waals surface area contributed by atoms with Crippen LogP contribution in [0, 0.1) is 5.92 Å². The molecule has 38 heavy (non-hydrogen) atoms. The van der Waals surface area contributed by atoms with Gasteiger partial charge in [0, 0.05) is 5.92 Å². The fourth-order valence-electron chi connectivity index (χ4n) is 4.18. The summed E-state index contributed by atoms with van der Waals surface area (Å²) >= 11 is 0.